The Morgan fingerprint density at radius 2 is 1.85 bits per heavy atom. The van der Waals surface area contributed by atoms with Gasteiger partial charge in [-0.05, 0) is 36.6 Å². The van der Waals surface area contributed by atoms with Crippen molar-refractivity contribution in [2.45, 2.75) is 13.5 Å². The largest absolute Gasteiger partial charge is 1.00 e. The number of hydrogen-bond acceptors (Lipinski definition) is 2. The molecular formula is C23H23BrN2S. The van der Waals surface area contributed by atoms with Gasteiger partial charge >= 0.3 is 0 Å². The van der Waals surface area contributed by atoms with Crippen LogP contribution in [0.25, 0.3) is 21.9 Å². The van der Waals surface area contributed by atoms with E-state index in [1.807, 2.05) is 14.1 Å². The lowest BCUT2D eigenvalue weighted by Gasteiger charge is -2.11. The number of fused-ring (bicyclic) bond motifs is 1. The molecule has 3 rings (SSSR count). The molecule has 27 heavy (non-hydrogen) atoms. The summed E-state index contributed by atoms with van der Waals surface area (Å²) in [5, 5.41) is 1.21. The number of hydrogen-bond donors (Lipinski definition) is 0. The first-order valence-corrected chi connectivity index (χ1v) is 9.39. The SMILES string of the molecule is C#CC[n+]1c(/C(C)=C/C=C/c2ccc(N(C)C)cc2)sc2ccccc21.[Br-]. The fourth-order valence-electron chi connectivity index (χ4n) is 2.84. The second-order valence-electron chi connectivity index (χ2n) is 6.36. The molecule has 0 unspecified atom stereocenters. The quantitative estimate of drug-likeness (QED) is 0.335. The van der Waals surface area contributed by atoms with Crippen LogP contribution in [0.5, 0.6) is 0 Å². The van der Waals surface area contributed by atoms with Crippen LogP contribution >= 0.6 is 11.3 Å². The highest BCUT2D eigenvalue weighted by molar-refractivity contribution is 7.19. The molecule has 4 heteroatoms. The van der Waals surface area contributed by atoms with Gasteiger partial charge in [0, 0.05) is 31.4 Å². The predicted molar refractivity (Wildman–Crippen MR) is 114 cm³/mol. The molecule has 0 saturated heterocycles. The highest BCUT2D eigenvalue weighted by Crippen LogP contribution is 2.25. The van der Waals surface area contributed by atoms with Crippen molar-refractivity contribution >= 4 is 38.9 Å². The van der Waals surface area contributed by atoms with Crippen molar-refractivity contribution in [1.82, 2.24) is 0 Å². The number of halogens is 1. The van der Waals surface area contributed by atoms with Crippen molar-refractivity contribution in [3.8, 4) is 12.3 Å². The zero-order valence-electron chi connectivity index (χ0n) is 15.8. The zero-order chi connectivity index (χ0) is 18.5. The van der Waals surface area contributed by atoms with Gasteiger partial charge in [0.25, 0.3) is 5.01 Å². The molecule has 0 amide bonds. The number of anilines is 1. The molecule has 0 saturated carbocycles. The molecule has 0 fully saturated rings. The van der Waals surface area contributed by atoms with Gasteiger partial charge in [-0.3, -0.25) is 0 Å². The molecule has 0 aliphatic heterocycles. The number of allylic oxidation sites excluding steroid dienone is 3. The molecule has 0 N–H and O–H groups in total. The van der Waals surface area contributed by atoms with Gasteiger partial charge in [-0.15, -0.1) is 6.42 Å². The number of benzene rings is 2. The number of terminal acetylenes is 1. The minimum atomic E-state index is 0. The molecule has 138 valence electrons. The Hall–Kier alpha value is -2.35. The van der Waals surface area contributed by atoms with Crippen LogP contribution in [0.3, 0.4) is 0 Å². The first kappa shape index (κ1) is 21.0. The minimum Gasteiger partial charge on any atom is -1.00 e. The van der Waals surface area contributed by atoms with E-state index >= 15 is 0 Å². The lowest BCUT2D eigenvalue weighted by molar-refractivity contribution is -0.656. The maximum atomic E-state index is 5.59. The first-order valence-electron chi connectivity index (χ1n) is 8.57. The summed E-state index contributed by atoms with van der Waals surface area (Å²) < 4.78 is 3.47. The lowest BCUT2D eigenvalue weighted by Crippen LogP contribution is -3.00. The Morgan fingerprint density at radius 1 is 1.15 bits per heavy atom. The third-order valence-corrected chi connectivity index (χ3v) is 5.54. The minimum absolute atomic E-state index is 0. The Balaban J connectivity index is 0.00000261. The molecule has 0 aliphatic rings. The third kappa shape index (κ3) is 4.88. The van der Waals surface area contributed by atoms with Crippen molar-refractivity contribution in [3.63, 3.8) is 0 Å². The van der Waals surface area contributed by atoms with Gasteiger partial charge in [-0.25, -0.2) is 0 Å². The Bertz CT molecular complexity index is 1010. The van der Waals surface area contributed by atoms with Crippen molar-refractivity contribution < 1.29 is 21.5 Å². The normalized spacial score (nSPS) is 11.4. The molecule has 2 nitrogen and oxygen atoms in total. The molecule has 0 radical (unpaired) electrons. The number of thiazole rings is 1. The van der Waals surface area contributed by atoms with Gasteiger partial charge in [-0.1, -0.05) is 53.8 Å². The standard InChI is InChI=1S/C23H23N2S.BrH/c1-5-17-25-21-11-6-7-12-22(21)26-23(25)18(2)9-8-10-19-13-15-20(16-14-19)24(3)4;/h1,6-16H,17H2,2-4H3;1H/q+1;/p-1. The topological polar surface area (TPSA) is 7.12 Å². The van der Waals surface area contributed by atoms with Crippen molar-refractivity contribution in [3.05, 3.63) is 71.3 Å². The lowest BCUT2D eigenvalue weighted by atomic mass is 10.1. The van der Waals surface area contributed by atoms with Crippen LogP contribution in [0.1, 0.15) is 17.5 Å². The number of aromatic nitrogens is 1. The van der Waals surface area contributed by atoms with Crippen LogP contribution in [0, 0.1) is 12.3 Å². The number of rotatable bonds is 5. The summed E-state index contributed by atoms with van der Waals surface area (Å²) in [4.78, 5) is 2.10. The molecule has 0 spiro atoms. The summed E-state index contributed by atoms with van der Waals surface area (Å²) >= 11 is 1.78. The molecule has 0 atom stereocenters. The van der Waals surface area contributed by atoms with E-state index in [-0.39, 0.29) is 17.0 Å². The van der Waals surface area contributed by atoms with Crippen molar-refractivity contribution in [1.29, 1.82) is 0 Å². The summed E-state index contributed by atoms with van der Waals surface area (Å²) in [7, 11) is 4.10. The molecule has 1 heterocycles. The monoisotopic (exact) mass is 438 g/mol. The van der Waals surface area contributed by atoms with Crippen LogP contribution in [0.15, 0.2) is 60.7 Å². The van der Waals surface area contributed by atoms with E-state index in [0.29, 0.717) is 6.54 Å². The van der Waals surface area contributed by atoms with Gasteiger partial charge in [0.15, 0.2) is 0 Å². The maximum absolute atomic E-state index is 5.59. The third-order valence-electron chi connectivity index (χ3n) is 4.24. The van der Waals surface area contributed by atoms with Gasteiger partial charge in [0.1, 0.15) is 4.70 Å². The summed E-state index contributed by atoms with van der Waals surface area (Å²) in [5.41, 5.74) is 4.80. The van der Waals surface area contributed by atoms with Crippen LogP contribution in [0.4, 0.5) is 5.69 Å². The van der Waals surface area contributed by atoms with Gasteiger partial charge in [0.05, 0.1) is 0 Å². The number of para-hydroxylation sites is 1. The fraction of sp³-hybridized carbons (Fsp3) is 0.174. The molecule has 1 aromatic heterocycles. The van der Waals surface area contributed by atoms with Gasteiger partial charge in [0.2, 0.25) is 12.1 Å². The van der Waals surface area contributed by atoms with Gasteiger partial charge in [-0.2, -0.15) is 4.57 Å². The average Bonchev–Trinajstić information content (AvgIpc) is 3.01. The second kappa shape index (κ2) is 9.55. The van der Waals surface area contributed by atoms with Crippen LogP contribution in [0.2, 0.25) is 0 Å². The van der Waals surface area contributed by atoms with Crippen LogP contribution in [-0.2, 0) is 6.54 Å². The first-order chi connectivity index (χ1) is 12.6. The molecule has 2 aromatic carbocycles. The Labute approximate surface area is 176 Å². The highest BCUT2D eigenvalue weighted by atomic mass is 79.9. The summed E-state index contributed by atoms with van der Waals surface area (Å²) in [5.74, 6) is 2.77. The smallest absolute Gasteiger partial charge is 0.266 e. The van der Waals surface area contributed by atoms with Crippen LogP contribution < -0.4 is 26.4 Å². The van der Waals surface area contributed by atoms with E-state index in [1.165, 1.54) is 32.0 Å². The van der Waals surface area contributed by atoms with E-state index in [0.717, 1.165) is 0 Å². The molecule has 3 aromatic rings. The predicted octanol–water partition coefficient (Wildman–Crippen LogP) is 2.01. The Morgan fingerprint density at radius 3 is 2.52 bits per heavy atom. The van der Waals surface area contributed by atoms with E-state index in [1.54, 1.807) is 11.3 Å². The highest BCUT2D eigenvalue weighted by Gasteiger charge is 2.20. The summed E-state index contributed by atoms with van der Waals surface area (Å²) in [6.07, 6.45) is 12.0. The molecular weight excluding hydrogens is 416 g/mol. The zero-order valence-corrected chi connectivity index (χ0v) is 18.2. The second-order valence-corrected chi connectivity index (χ2v) is 7.39. The van der Waals surface area contributed by atoms with E-state index in [2.05, 4.69) is 89.1 Å². The summed E-state index contributed by atoms with van der Waals surface area (Å²) in [6, 6.07) is 16.9. The van der Waals surface area contributed by atoms with E-state index < -0.39 is 0 Å². The van der Waals surface area contributed by atoms with Crippen LogP contribution in [-0.4, -0.2) is 14.1 Å². The fourth-order valence-corrected chi connectivity index (χ4v) is 3.98. The molecule has 0 bridgehead atoms. The van der Waals surface area contributed by atoms with E-state index in [4.69, 9.17) is 6.42 Å². The Kier molecular flexibility index (Phi) is 7.41. The van der Waals surface area contributed by atoms with E-state index in [9.17, 15) is 0 Å². The maximum Gasteiger partial charge on any atom is 0.266 e. The van der Waals surface area contributed by atoms with Crippen molar-refractivity contribution in [2.24, 2.45) is 0 Å². The molecule has 0 aliphatic carbocycles. The average molecular weight is 439 g/mol. The van der Waals surface area contributed by atoms with Gasteiger partial charge < -0.3 is 21.9 Å². The number of nitrogens with zero attached hydrogens (tertiary/aromatic N) is 2. The summed E-state index contributed by atoms with van der Waals surface area (Å²) in [6.45, 7) is 2.72. The van der Waals surface area contributed by atoms with Crippen molar-refractivity contribution in [2.75, 3.05) is 19.0 Å².